The second kappa shape index (κ2) is 6.10. The molecule has 0 aliphatic carbocycles. The Morgan fingerprint density at radius 2 is 2.10 bits per heavy atom. The van der Waals surface area contributed by atoms with Crippen molar-refractivity contribution in [3.8, 4) is 5.69 Å². The van der Waals surface area contributed by atoms with Crippen LogP contribution >= 0.6 is 45.8 Å². The molecule has 6 heteroatoms. The van der Waals surface area contributed by atoms with Crippen LogP contribution in [-0.2, 0) is 6.42 Å². The van der Waals surface area contributed by atoms with Crippen molar-refractivity contribution >= 4 is 57.0 Å². The van der Waals surface area contributed by atoms with Crippen LogP contribution in [0.3, 0.4) is 0 Å². The summed E-state index contributed by atoms with van der Waals surface area (Å²) in [7, 11) is 0. The molecule has 0 amide bonds. The molecule has 0 saturated heterocycles. The van der Waals surface area contributed by atoms with Gasteiger partial charge in [-0.05, 0) is 59.3 Å². The molecule has 0 atom stereocenters. The van der Waals surface area contributed by atoms with Crippen molar-refractivity contribution in [1.82, 2.24) is 14.5 Å². The Morgan fingerprint density at radius 1 is 1.29 bits per heavy atom. The highest BCUT2D eigenvalue weighted by molar-refractivity contribution is 14.1. The van der Waals surface area contributed by atoms with E-state index in [9.17, 15) is 0 Å². The molecule has 3 nitrogen and oxygen atoms in total. The quantitative estimate of drug-likeness (QED) is 0.441. The van der Waals surface area contributed by atoms with Crippen LogP contribution in [0.25, 0.3) is 16.9 Å². The standard InChI is InChI=1S/C15H12Cl2IN3/c1-9-5-7-19-15-14(9)20-13(4-6-16)21(15)12-3-2-10(18)8-11(12)17/h2-3,5,7-8H,4,6H2,1H3. The fraction of sp³-hybridized carbons (Fsp3) is 0.200. The van der Waals surface area contributed by atoms with E-state index in [-0.39, 0.29) is 0 Å². The average molecular weight is 432 g/mol. The summed E-state index contributed by atoms with van der Waals surface area (Å²) in [6.45, 7) is 2.03. The molecule has 0 aliphatic heterocycles. The molecule has 0 bridgehead atoms. The number of hydrogen-bond acceptors (Lipinski definition) is 2. The molecule has 1 aromatic carbocycles. The van der Waals surface area contributed by atoms with Crippen molar-refractivity contribution in [2.75, 3.05) is 5.88 Å². The lowest BCUT2D eigenvalue weighted by atomic mass is 10.2. The maximum absolute atomic E-state index is 6.42. The first kappa shape index (κ1) is 15.1. The number of nitrogens with zero attached hydrogens (tertiary/aromatic N) is 3. The minimum Gasteiger partial charge on any atom is -0.279 e. The van der Waals surface area contributed by atoms with Crippen LogP contribution < -0.4 is 0 Å². The number of imidazole rings is 1. The third-order valence-corrected chi connectivity index (χ3v) is 4.45. The van der Waals surface area contributed by atoms with Gasteiger partial charge in [-0.3, -0.25) is 4.57 Å². The second-order valence-electron chi connectivity index (χ2n) is 4.70. The number of pyridine rings is 1. The summed E-state index contributed by atoms with van der Waals surface area (Å²) >= 11 is 14.6. The lowest BCUT2D eigenvalue weighted by Gasteiger charge is -2.10. The summed E-state index contributed by atoms with van der Waals surface area (Å²) in [5.74, 6) is 1.38. The predicted molar refractivity (Wildman–Crippen MR) is 95.8 cm³/mol. The first-order chi connectivity index (χ1) is 10.1. The van der Waals surface area contributed by atoms with Gasteiger partial charge in [0.05, 0.1) is 10.7 Å². The number of rotatable bonds is 3. The van der Waals surface area contributed by atoms with Crippen LogP contribution in [0.2, 0.25) is 5.02 Å². The van der Waals surface area contributed by atoms with Crippen molar-refractivity contribution in [3.05, 3.63) is 50.4 Å². The molecular formula is C15H12Cl2IN3. The van der Waals surface area contributed by atoms with E-state index in [0.717, 1.165) is 31.8 Å². The van der Waals surface area contributed by atoms with Gasteiger partial charge in [-0.1, -0.05) is 11.6 Å². The Kier molecular flexibility index (Phi) is 4.38. The molecule has 3 rings (SSSR count). The summed E-state index contributed by atoms with van der Waals surface area (Å²) in [6, 6.07) is 7.91. The molecule has 3 aromatic rings. The Balaban J connectivity index is 2.33. The maximum atomic E-state index is 6.42. The number of fused-ring (bicyclic) bond motifs is 1. The Morgan fingerprint density at radius 3 is 2.81 bits per heavy atom. The predicted octanol–water partition coefficient (Wildman–Crippen LogP) is 4.77. The molecule has 2 heterocycles. The molecule has 0 N–H and O–H groups in total. The number of aryl methyl sites for hydroxylation is 2. The largest absolute Gasteiger partial charge is 0.279 e. The molecule has 0 fully saturated rings. The number of aromatic nitrogens is 3. The lowest BCUT2D eigenvalue weighted by molar-refractivity contribution is 0.905. The zero-order valence-electron chi connectivity index (χ0n) is 11.3. The van der Waals surface area contributed by atoms with Crippen LogP contribution in [-0.4, -0.2) is 20.4 Å². The van der Waals surface area contributed by atoms with Crippen molar-refractivity contribution in [2.24, 2.45) is 0 Å². The van der Waals surface area contributed by atoms with Crippen molar-refractivity contribution < 1.29 is 0 Å². The molecule has 0 aliphatic rings. The average Bonchev–Trinajstić information content (AvgIpc) is 2.79. The molecule has 21 heavy (non-hydrogen) atoms. The van der Waals surface area contributed by atoms with Crippen LogP contribution in [0.1, 0.15) is 11.4 Å². The number of halogens is 3. The molecule has 2 aromatic heterocycles. The highest BCUT2D eigenvalue weighted by atomic mass is 127. The van der Waals surface area contributed by atoms with Gasteiger partial charge in [0.1, 0.15) is 11.3 Å². The van der Waals surface area contributed by atoms with Crippen LogP contribution in [0, 0.1) is 10.5 Å². The lowest BCUT2D eigenvalue weighted by Crippen LogP contribution is -2.03. The fourth-order valence-corrected chi connectivity index (χ4v) is 3.42. The van der Waals surface area contributed by atoms with Gasteiger partial charge in [-0.25, -0.2) is 9.97 Å². The van der Waals surface area contributed by atoms with E-state index in [2.05, 4.69) is 27.6 Å². The summed E-state index contributed by atoms with van der Waals surface area (Å²) in [5.41, 5.74) is 3.69. The first-order valence-corrected chi connectivity index (χ1v) is 8.45. The third kappa shape index (κ3) is 2.76. The van der Waals surface area contributed by atoms with E-state index in [1.54, 1.807) is 6.20 Å². The molecule has 0 spiro atoms. The van der Waals surface area contributed by atoms with E-state index in [4.69, 9.17) is 28.2 Å². The van der Waals surface area contributed by atoms with Gasteiger partial charge in [0.25, 0.3) is 0 Å². The minimum absolute atomic E-state index is 0.504. The summed E-state index contributed by atoms with van der Waals surface area (Å²) in [4.78, 5) is 9.18. The topological polar surface area (TPSA) is 30.7 Å². The molecular weight excluding hydrogens is 420 g/mol. The smallest absolute Gasteiger partial charge is 0.164 e. The Hall–Kier alpha value is -0.850. The SMILES string of the molecule is Cc1ccnc2c1nc(CCCl)n2-c1ccc(I)cc1Cl. The number of hydrogen-bond donors (Lipinski definition) is 0. The van der Waals surface area contributed by atoms with Crippen LogP contribution in [0.5, 0.6) is 0 Å². The van der Waals surface area contributed by atoms with E-state index >= 15 is 0 Å². The first-order valence-electron chi connectivity index (χ1n) is 6.46. The van der Waals surface area contributed by atoms with Crippen molar-refractivity contribution in [3.63, 3.8) is 0 Å². The van der Waals surface area contributed by atoms with E-state index in [1.807, 2.05) is 35.8 Å². The van der Waals surface area contributed by atoms with Gasteiger partial charge in [-0.15, -0.1) is 11.6 Å². The molecule has 0 radical (unpaired) electrons. The second-order valence-corrected chi connectivity index (χ2v) is 6.73. The zero-order chi connectivity index (χ0) is 15.0. The fourth-order valence-electron chi connectivity index (χ4n) is 2.31. The Bertz CT molecular complexity index is 814. The summed E-state index contributed by atoms with van der Waals surface area (Å²) < 4.78 is 3.09. The van der Waals surface area contributed by atoms with Crippen molar-refractivity contribution in [1.29, 1.82) is 0 Å². The van der Waals surface area contributed by atoms with E-state index < -0.39 is 0 Å². The number of alkyl halides is 1. The third-order valence-electron chi connectivity index (χ3n) is 3.29. The molecule has 0 saturated carbocycles. The molecule has 108 valence electrons. The van der Waals surface area contributed by atoms with Gasteiger partial charge in [-0.2, -0.15) is 0 Å². The van der Waals surface area contributed by atoms with Gasteiger partial charge in [0.2, 0.25) is 0 Å². The number of benzene rings is 1. The van der Waals surface area contributed by atoms with Gasteiger partial charge in [0.15, 0.2) is 5.65 Å². The highest BCUT2D eigenvalue weighted by Gasteiger charge is 2.16. The summed E-state index contributed by atoms with van der Waals surface area (Å²) in [5, 5.41) is 0.681. The molecule has 0 unspecified atom stereocenters. The summed E-state index contributed by atoms with van der Waals surface area (Å²) in [6.07, 6.45) is 2.46. The van der Waals surface area contributed by atoms with Gasteiger partial charge in [0, 0.05) is 22.1 Å². The Labute approximate surface area is 146 Å². The monoisotopic (exact) mass is 431 g/mol. The van der Waals surface area contributed by atoms with Gasteiger partial charge < -0.3 is 0 Å². The minimum atomic E-state index is 0.504. The van der Waals surface area contributed by atoms with E-state index in [0.29, 0.717) is 17.3 Å². The van der Waals surface area contributed by atoms with Gasteiger partial charge >= 0.3 is 0 Å². The highest BCUT2D eigenvalue weighted by Crippen LogP contribution is 2.28. The van der Waals surface area contributed by atoms with Crippen LogP contribution in [0.4, 0.5) is 0 Å². The van der Waals surface area contributed by atoms with Crippen LogP contribution in [0.15, 0.2) is 30.5 Å². The maximum Gasteiger partial charge on any atom is 0.164 e. The normalized spacial score (nSPS) is 11.2. The zero-order valence-corrected chi connectivity index (χ0v) is 14.9. The van der Waals surface area contributed by atoms with Crippen molar-refractivity contribution in [2.45, 2.75) is 13.3 Å². The van der Waals surface area contributed by atoms with E-state index in [1.165, 1.54) is 0 Å².